The fourth-order valence-electron chi connectivity index (χ4n) is 2.50. The van der Waals surface area contributed by atoms with E-state index in [1.54, 1.807) is 24.3 Å². The highest BCUT2D eigenvalue weighted by Crippen LogP contribution is 2.34. The Balaban J connectivity index is 1.94. The van der Waals surface area contributed by atoms with Gasteiger partial charge in [-0.3, -0.25) is 0 Å². The first-order chi connectivity index (χ1) is 14.0. The van der Waals surface area contributed by atoms with Gasteiger partial charge in [-0.15, -0.1) is 13.2 Å². The molecule has 0 saturated heterocycles. The summed E-state index contributed by atoms with van der Waals surface area (Å²) >= 11 is 6.45. The molecule has 0 spiro atoms. The van der Waals surface area contributed by atoms with Gasteiger partial charge in [-0.1, -0.05) is 29.8 Å². The minimum atomic E-state index is -0.764. The molecule has 0 bridgehead atoms. The molecule has 0 aromatic heterocycles. The van der Waals surface area contributed by atoms with E-state index in [-0.39, 0.29) is 26.4 Å². The molecule has 2 unspecified atom stereocenters. The van der Waals surface area contributed by atoms with E-state index in [1.807, 2.05) is 18.2 Å². The molecule has 0 heterocycles. The van der Waals surface area contributed by atoms with Crippen LogP contribution in [0.3, 0.4) is 0 Å². The van der Waals surface area contributed by atoms with Gasteiger partial charge in [-0.25, -0.2) is 0 Å². The van der Waals surface area contributed by atoms with Gasteiger partial charge in [0.25, 0.3) is 0 Å². The minimum Gasteiger partial charge on any atom is -0.491 e. The summed E-state index contributed by atoms with van der Waals surface area (Å²) in [5.74, 6) is 1.09. The quantitative estimate of drug-likeness (QED) is 0.359. The molecule has 2 rings (SSSR count). The van der Waals surface area contributed by atoms with Crippen molar-refractivity contribution in [1.82, 2.24) is 0 Å². The predicted molar refractivity (Wildman–Crippen MR) is 114 cm³/mol. The fraction of sp³-hybridized carbons (Fsp3) is 0.364. The second-order valence-electron chi connectivity index (χ2n) is 6.34. The van der Waals surface area contributed by atoms with Crippen LogP contribution in [0.15, 0.2) is 55.6 Å². The number of aliphatic hydroxyl groups excluding tert-OH is 2. The maximum atomic E-state index is 9.87. The van der Waals surface area contributed by atoms with Crippen LogP contribution < -0.4 is 9.47 Å². The standard InChI is InChI=1S/C22H27ClO6/c1-3-9-26-12-17(24)14-28-19-6-7-20-16(11-19)5-8-21(22(20)23)29-15-18(25)13-27-10-4-2/h3-8,11,17-18,24-25H,1-2,9-10,12-15H2. The van der Waals surface area contributed by atoms with Crippen LogP contribution in [0.4, 0.5) is 0 Å². The monoisotopic (exact) mass is 422 g/mol. The molecule has 2 aromatic carbocycles. The number of hydrogen-bond donors (Lipinski definition) is 2. The van der Waals surface area contributed by atoms with E-state index in [0.29, 0.717) is 29.7 Å². The van der Waals surface area contributed by atoms with Gasteiger partial charge in [0.15, 0.2) is 0 Å². The molecule has 0 radical (unpaired) electrons. The zero-order valence-electron chi connectivity index (χ0n) is 16.3. The van der Waals surface area contributed by atoms with Gasteiger partial charge in [0, 0.05) is 5.39 Å². The zero-order valence-corrected chi connectivity index (χ0v) is 17.0. The number of halogens is 1. The maximum Gasteiger partial charge on any atom is 0.138 e. The first kappa shape index (κ1) is 23.2. The van der Waals surface area contributed by atoms with Crippen LogP contribution in [0.5, 0.6) is 11.5 Å². The Hall–Kier alpha value is -2.09. The van der Waals surface area contributed by atoms with Gasteiger partial charge in [-0.05, 0) is 29.7 Å². The molecule has 0 amide bonds. The minimum absolute atomic E-state index is 0.0649. The summed E-state index contributed by atoms with van der Waals surface area (Å²) in [6.07, 6.45) is 1.74. The molecule has 0 fully saturated rings. The lowest BCUT2D eigenvalue weighted by atomic mass is 10.1. The van der Waals surface area contributed by atoms with Gasteiger partial charge in [0.05, 0.1) is 31.5 Å². The second-order valence-corrected chi connectivity index (χ2v) is 6.72. The van der Waals surface area contributed by atoms with Crippen molar-refractivity contribution >= 4 is 22.4 Å². The highest BCUT2D eigenvalue weighted by atomic mass is 35.5. The molecule has 158 valence electrons. The molecule has 7 heteroatoms. The molecule has 29 heavy (non-hydrogen) atoms. The van der Waals surface area contributed by atoms with Crippen LogP contribution in [0, 0.1) is 0 Å². The highest BCUT2D eigenvalue weighted by molar-refractivity contribution is 6.37. The maximum absolute atomic E-state index is 9.87. The first-order valence-corrected chi connectivity index (χ1v) is 9.64. The van der Waals surface area contributed by atoms with E-state index in [0.717, 1.165) is 10.8 Å². The molecular formula is C22H27ClO6. The van der Waals surface area contributed by atoms with Crippen molar-refractivity contribution in [3.8, 4) is 11.5 Å². The summed E-state index contributed by atoms with van der Waals surface area (Å²) in [7, 11) is 0. The van der Waals surface area contributed by atoms with E-state index in [9.17, 15) is 10.2 Å². The average Bonchev–Trinajstić information content (AvgIpc) is 2.72. The number of ether oxygens (including phenoxy) is 4. The lowest BCUT2D eigenvalue weighted by Gasteiger charge is -2.15. The summed E-state index contributed by atoms with van der Waals surface area (Å²) in [6, 6.07) is 9.02. The SMILES string of the molecule is C=CCOCC(O)COc1ccc2c(Cl)c(OCC(O)COCC=C)ccc2c1. The van der Waals surface area contributed by atoms with E-state index < -0.39 is 12.2 Å². The van der Waals surface area contributed by atoms with Crippen molar-refractivity contribution in [2.45, 2.75) is 12.2 Å². The lowest BCUT2D eigenvalue weighted by molar-refractivity contribution is 0.0213. The summed E-state index contributed by atoms with van der Waals surface area (Å²) in [6.45, 7) is 8.36. The first-order valence-electron chi connectivity index (χ1n) is 9.26. The largest absolute Gasteiger partial charge is 0.491 e. The van der Waals surface area contributed by atoms with E-state index in [4.69, 9.17) is 30.5 Å². The summed E-state index contributed by atoms with van der Waals surface area (Å²) in [4.78, 5) is 0. The van der Waals surface area contributed by atoms with E-state index >= 15 is 0 Å². The normalized spacial score (nSPS) is 13.1. The highest BCUT2D eigenvalue weighted by Gasteiger charge is 2.11. The Kier molecular flexibility index (Phi) is 9.97. The van der Waals surface area contributed by atoms with Gasteiger partial charge in [-0.2, -0.15) is 0 Å². The molecule has 2 atom stereocenters. The van der Waals surface area contributed by atoms with Crippen LogP contribution in [0.1, 0.15) is 0 Å². The summed E-state index contributed by atoms with van der Waals surface area (Å²) in [5, 5.41) is 21.8. The topological polar surface area (TPSA) is 77.4 Å². The number of benzene rings is 2. The molecule has 2 N–H and O–H groups in total. The average molecular weight is 423 g/mol. The van der Waals surface area contributed by atoms with Crippen LogP contribution in [-0.4, -0.2) is 62.1 Å². The number of hydrogen-bond acceptors (Lipinski definition) is 6. The Labute approximate surface area is 175 Å². The molecule has 0 saturated carbocycles. The molecule has 0 aliphatic heterocycles. The van der Waals surface area contributed by atoms with Crippen LogP contribution in [-0.2, 0) is 9.47 Å². The number of fused-ring (bicyclic) bond motifs is 1. The van der Waals surface area contributed by atoms with Gasteiger partial charge >= 0.3 is 0 Å². The Morgan fingerprint density at radius 1 is 0.862 bits per heavy atom. The van der Waals surface area contributed by atoms with E-state index in [2.05, 4.69) is 13.2 Å². The van der Waals surface area contributed by atoms with Crippen LogP contribution in [0.25, 0.3) is 10.8 Å². The molecular weight excluding hydrogens is 396 g/mol. The van der Waals surface area contributed by atoms with Crippen LogP contribution >= 0.6 is 11.6 Å². The third-order valence-corrected chi connectivity index (χ3v) is 4.25. The third kappa shape index (κ3) is 7.68. The zero-order chi connectivity index (χ0) is 21.1. The van der Waals surface area contributed by atoms with Crippen LogP contribution in [0.2, 0.25) is 5.02 Å². The lowest BCUT2D eigenvalue weighted by Crippen LogP contribution is -2.23. The summed E-state index contributed by atoms with van der Waals surface area (Å²) in [5.41, 5.74) is 0. The van der Waals surface area contributed by atoms with Crippen molar-refractivity contribution in [2.75, 3.05) is 39.6 Å². The third-order valence-electron chi connectivity index (χ3n) is 3.86. The van der Waals surface area contributed by atoms with Crippen molar-refractivity contribution in [3.05, 3.63) is 60.7 Å². The molecule has 0 aliphatic carbocycles. The van der Waals surface area contributed by atoms with Gasteiger partial charge < -0.3 is 29.2 Å². The van der Waals surface area contributed by atoms with Gasteiger partial charge in [0.1, 0.15) is 36.9 Å². The smallest absolute Gasteiger partial charge is 0.138 e. The van der Waals surface area contributed by atoms with Crippen molar-refractivity contribution < 1.29 is 29.2 Å². The number of aliphatic hydroxyl groups is 2. The number of rotatable bonds is 14. The van der Waals surface area contributed by atoms with Crippen molar-refractivity contribution in [3.63, 3.8) is 0 Å². The Bertz CT molecular complexity index is 794. The van der Waals surface area contributed by atoms with Gasteiger partial charge in [0.2, 0.25) is 0 Å². The summed E-state index contributed by atoms with van der Waals surface area (Å²) < 4.78 is 21.6. The Morgan fingerprint density at radius 3 is 2.10 bits per heavy atom. The van der Waals surface area contributed by atoms with Crippen molar-refractivity contribution in [2.24, 2.45) is 0 Å². The van der Waals surface area contributed by atoms with Crippen molar-refractivity contribution in [1.29, 1.82) is 0 Å². The van der Waals surface area contributed by atoms with E-state index in [1.165, 1.54) is 0 Å². The fourth-order valence-corrected chi connectivity index (χ4v) is 2.79. The predicted octanol–water partition coefficient (Wildman–Crippen LogP) is 3.38. The molecule has 2 aromatic rings. The molecule has 0 aliphatic rings. The second kappa shape index (κ2) is 12.5. The Morgan fingerprint density at radius 2 is 1.48 bits per heavy atom. The molecule has 6 nitrogen and oxygen atoms in total.